The van der Waals surface area contributed by atoms with Crippen molar-refractivity contribution < 1.29 is 14.6 Å². The number of benzene rings is 3. The summed E-state index contributed by atoms with van der Waals surface area (Å²) in [7, 11) is 0. The van der Waals surface area contributed by atoms with Crippen LogP contribution < -0.4 is 5.32 Å². The summed E-state index contributed by atoms with van der Waals surface area (Å²) in [5, 5.41) is 16.4. The Hall–Kier alpha value is -2.40. The Morgan fingerprint density at radius 2 is 1.78 bits per heavy atom. The van der Waals surface area contributed by atoms with Crippen LogP contribution in [0, 0.1) is 0 Å². The van der Waals surface area contributed by atoms with E-state index in [-0.39, 0.29) is 17.9 Å². The Kier molecular flexibility index (Phi) is 4.87. The molecule has 1 aliphatic heterocycles. The lowest BCUT2D eigenvalue weighted by Crippen LogP contribution is -2.35. The molecule has 2 N–H and O–H groups in total. The summed E-state index contributed by atoms with van der Waals surface area (Å²) in [6.07, 6.45) is -0.194. The molecule has 140 valence electrons. The van der Waals surface area contributed by atoms with Gasteiger partial charge in [-0.1, -0.05) is 60.7 Å². The van der Waals surface area contributed by atoms with Crippen LogP contribution in [-0.4, -0.2) is 23.6 Å². The van der Waals surface area contributed by atoms with E-state index in [4.69, 9.17) is 9.47 Å². The molecule has 0 aromatic heterocycles. The van der Waals surface area contributed by atoms with Crippen LogP contribution in [0.25, 0.3) is 10.8 Å². The average Bonchev–Trinajstić information content (AvgIpc) is 3.04. The van der Waals surface area contributed by atoms with Gasteiger partial charge in [0, 0.05) is 12.1 Å². The van der Waals surface area contributed by atoms with Crippen molar-refractivity contribution in [3.63, 3.8) is 0 Å². The molecule has 3 aromatic carbocycles. The zero-order valence-corrected chi connectivity index (χ0v) is 15.7. The minimum atomic E-state index is -0.627. The maximum absolute atomic E-state index is 10.7. The minimum absolute atomic E-state index is 0.194. The van der Waals surface area contributed by atoms with Crippen LogP contribution in [0.2, 0.25) is 0 Å². The normalized spacial score (nSPS) is 20.0. The number of rotatable bonds is 5. The molecule has 27 heavy (non-hydrogen) atoms. The van der Waals surface area contributed by atoms with Gasteiger partial charge < -0.3 is 19.9 Å². The maximum Gasteiger partial charge on any atom is 0.163 e. The van der Waals surface area contributed by atoms with E-state index in [1.54, 1.807) is 6.07 Å². The Labute approximate surface area is 159 Å². The molecule has 0 amide bonds. The van der Waals surface area contributed by atoms with E-state index in [0.29, 0.717) is 13.2 Å². The van der Waals surface area contributed by atoms with Gasteiger partial charge in [0.25, 0.3) is 0 Å². The highest BCUT2D eigenvalue weighted by molar-refractivity contribution is 5.88. The number of aromatic hydroxyl groups is 1. The van der Waals surface area contributed by atoms with Crippen molar-refractivity contribution >= 4 is 10.8 Å². The van der Waals surface area contributed by atoms with E-state index < -0.39 is 5.79 Å². The van der Waals surface area contributed by atoms with Gasteiger partial charge in [-0.25, -0.2) is 0 Å². The molecule has 0 aliphatic carbocycles. The summed E-state index contributed by atoms with van der Waals surface area (Å²) in [6.45, 7) is 4.99. The quantitative estimate of drug-likeness (QED) is 0.699. The molecule has 1 fully saturated rings. The molecule has 2 atom stereocenters. The zero-order valence-electron chi connectivity index (χ0n) is 15.7. The van der Waals surface area contributed by atoms with Gasteiger partial charge in [-0.2, -0.15) is 0 Å². The molecule has 4 nitrogen and oxygen atoms in total. The van der Waals surface area contributed by atoms with Crippen molar-refractivity contribution in [2.75, 3.05) is 6.61 Å². The first-order chi connectivity index (χ1) is 13.0. The molecular formula is C23H25NO3. The first kappa shape index (κ1) is 18.0. The van der Waals surface area contributed by atoms with Crippen molar-refractivity contribution in [1.29, 1.82) is 0 Å². The Morgan fingerprint density at radius 1 is 1.04 bits per heavy atom. The molecule has 3 aromatic rings. The number of hydrogen-bond donors (Lipinski definition) is 2. The average molecular weight is 363 g/mol. The van der Waals surface area contributed by atoms with Gasteiger partial charge in [-0.05, 0) is 36.2 Å². The van der Waals surface area contributed by atoms with E-state index in [0.717, 1.165) is 16.3 Å². The van der Waals surface area contributed by atoms with Gasteiger partial charge in [-0.15, -0.1) is 0 Å². The largest absolute Gasteiger partial charge is 0.508 e. The van der Waals surface area contributed by atoms with Gasteiger partial charge in [0.05, 0.1) is 12.6 Å². The molecule has 1 heterocycles. The fourth-order valence-corrected chi connectivity index (χ4v) is 3.73. The number of nitrogens with one attached hydrogen (secondary N) is 1. The third-order valence-corrected chi connectivity index (χ3v) is 5.03. The summed E-state index contributed by atoms with van der Waals surface area (Å²) in [4.78, 5) is 0. The number of phenols is 1. The second-order valence-corrected chi connectivity index (χ2v) is 7.43. The molecule has 4 heteroatoms. The standard InChI is InChI=1S/C23H25NO3/c1-23(2)26-15-20(27-23)22(24-14-16-8-4-3-5-9-16)21-18-11-7-6-10-17(18)12-13-19(21)25/h3-13,20,22,24-25H,14-15H2,1-2H3/t20-,22-/m1/s1. The van der Waals surface area contributed by atoms with Gasteiger partial charge in [0.2, 0.25) is 0 Å². The molecule has 0 radical (unpaired) electrons. The molecular weight excluding hydrogens is 338 g/mol. The van der Waals surface area contributed by atoms with Crippen molar-refractivity contribution in [3.05, 3.63) is 77.9 Å². The number of hydrogen-bond acceptors (Lipinski definition) is 4. The summed E-state index contributed by atoms with van der Waals surface area (Å²) in [6, 6.07) is 21.8. The summed E-state index contributed by atoms with van der Waals surface area (Å²) < 4.78 is 12.0. The first-order valence-corrected chi connectivity index (χ1v) is 9.33. The SMILES string of the molecule is CC1(C)OC[C@H]([C@@H](NCc2ccccc2)c2c(O)ccc3ccccc23)O1. The van der Waals surface area contributed by atoms with Crippen LogP contribution in [0.5, 0.6) is 5.75 Å². The third-order valence-electron chi connectivity index (χ3n) is 5.03. The fraction of sp³-hybridized carbons (Fsp3) is 0.304. The highest BCUT2D eigenvalue weighted by Crippen LogP contribution is 2.38. The van der Waals surface area contributed by atoms with E-state index in [1.165, 1.54) is 5.56 Å². The predicted octanol–water partition coefficient (Wildman–Crippen LogP) is 4.53. The Morgan fingerprint density at radius 3 is 2.52 bits per heavy atom. The monoisotopic (exact) mass is 363 g/mol. The lowest BCUT2D eigenvalue weighted by molar-refractivity contribution is -0.142. The third kappa shape index (κ3) is 3.83. The van der Waals surface area contributed by atoms with E-state index in [1.807, 2.05) is 56.3 Å². The zero-order chi connectivity index (χ0) is 18.9. The van der Waals surface area contributed by atoms with Crippen LogP contribution in [0.1, 0.15) is 31.0 Å². The minimum Gasteiger partial charge on any atom is -0.508 e. The highest BCUT2D eigenvalue weighted by Gasteiger charge is 2.39. The lowest BCUT2D eigenvalue weighted by atomic mass is 9.94. The molecule has 1 aliphatic rings. The topological polar surface area (TPSA) is 50.7 Å². The predicted molar refractivity (Wildman–Crippen MR) is 107 cm³/mol. The molecule has 0 saturated carbocycles. The Balaban J connectivity index is 1.73. The van der Waals surface area contributed by atoms with Crippen molar-refractivity contribution in [3.8, 4) is 5.75 Å². The first-order valence-electron chi connectivity index (χ1n) is 9.33. The number of ether oxygens (including phenoxy) is 2. The van der Waals surface area contributed by atoms with Gasteiger partial charge in [0.15, 0.2) is 5.79 Å². The summed E-state index contributed by atoms with van der Waals surface area (Å²) in [5.74, 6) is -0.357. The van der Waals surface area contributed by atoms with Crippen molar-refractivity contribution in [2.45, 2.75) is 38.3 Å². The van der Waals surface area contributed by atoms with Crippen LogP contribution in [0.15, 0.2) is 66.7 Å². The smallest absolute Gasteiger partial charge is 0.163 e. The van der Waals surface area contributed by atoms with Gasteiger partial charge >= 0.3 is 0 Å². The maximum atomic E-state index is 10.7. The Bertz CT molecular complexity index is 923. The highest BCUT2D eigenvalue weighted by atomic mass is 16.7. The van der Waals surface area contributed by atoms with Crippen molar-refractivity contribution in [1.82, 2.24) is 5.32 Å². The van der Waals surface area contributed by atoms with Crippen molar-refractivity contribution in [2.24, 2.45) is 0 Å². The van der Waals surface area contributed by atoms with E-state index >= 15 is 0 Å². The molecule has 0 unspecified atom stereocenters. The fourth-order valence-electron chi connectivity index (χ4n) is 3.73. The summed E-state index contributed by atoms with van der Waals surface area (Å²) >= 11 is 0. The summed E-state index contributed by atoms with van der Waals surface area (Å²) in [5.41, 5.74) is 2.04. The van der Waals surface area contributed by atoms with Crippen LogP contribution in [0.4, 0.5) is 0 Å². The molecule has 0 spiro atoms. The van der Waals surface area contributed by atoms with E-state index in [9.17, 15) is 5.11 Å². The van der Waals surface area contributed by atoms with Crippen LogP contribution in [-0.2, 0) is 16.0 Å². The molecule has 0 bridgehead atoms. The molecule has 4 rings (SSSR count). The van der Waals surface area contributed by atoms with Gasteiger partial charge in [-0.3, -0.25) is 0 Å². The second kappa shape index (κ2) is 7.31. The number of phenolic OH excluding ortho intramolecular Hbond substituents is 1. The number of fused-ring (bicyclic) bond motifs is 1. The van der Waals surface area contributed by atoms with E-state index in [2.05, 4.69) is 23.5 Å². The van der Waals surface area contributed by atoms with Crippen LogP contribution >= 0.6 is 0 Å². The van der Waals surface area contributed by atoms with Gasteiger partial charge in [0.1, 0.15) is 11.9 Å². The van der Waals surface area contributed by atoms with Crippen LogP contribution in [0.3, 0.4) is 0 Å². The molecule has 1 saturated heterocycles. The lowest BCUT2D eigenvalue weighted by Gasteiger charge is -2.27. The second-order valence-electron chi connectivity index (χ2n) is 7.43.